The molecular formula is C54H107N5O6. The standard InChI is InChI=1S/C36H69N5O5.C18H38O/c1-5-7-8-9-13-18-24-32(6-2)46-34(44)25-19-14-12-16-21-28-41(27-20-15-10-11-17-22-30-42)29-23-26-39-35(33(31-43)37-3)36(45)40-38-4;1-4-6-8-10-12-14-16-18(19-3)17-15-13-11-9-7-5-2/h30-32,37-39H,5-29H2,1-4H3,(H,40,45);18H,4-17H2,1-3H3/b35-33-;. The Morgan fingerprint density at radius 1 is 0.554 bits per heavy atom. The lowest BCUT2D eigenvalue weighted by molar-refractivity contribution is -0.149. The Bertz CT molecular complexity index is 1080. The smallest absolute Gasteiger partial charge is 0.306 e. The van der Waals surface area contributed by atoms with Gasteiger partial charge in [-0.15, -0.1) is 0 Å². The molecule has 0 aliphatic heterocycles. The Kier molecular flexibility index (Phi) is 52.1. The van der Waals surface area contributed by atoms with Crippen LogP contribution < -0.4 is 21.5 Å². The molecule has 0 saturated heterocycles. The number of carbonyl (C=O) groups is 4. The van der Waals surface area contributed by atoms with Crippen LogP contribution in [0.5, 0.6) is 0 Å². The van der Waals surface area contributed by atoms with Crippen LogP contribution in [0.15, 0.2) is 11.4 Å². The third-order valence-corrected chi connectivity index (χ3v) is 12.5. The highest BCUT2D eigenvalue weighted by Gasteiger charge is 2.15. The number of hydrogen-bond acceptors (Lipinski definition) is 10. The quantitative estimate of drug-likeness (QED) is 0.0153. The van der Waals surface area contributed by atoms with Crippen LogP contribution in [0.25, 0.3) is 0 Å². The highest BCUT2D eigenvalue weighted by molar-refractivity contribution is 5.97. The second-order valence-corrected chi connectivity index (χ2v) is 18.3. The Labute approximate surface area is 401 Å². The minimum atomic E-state index is -0.392. The first kappa shape index (κ1) is 64.6. The summed E-state index contributed by atoms with van der Waals surface area (Å²) in [4.78, 5) is 49.2. The number of carbonyl (C=O) groups excluding carboxylic acids is 4. The molecule has 1 atom stereocenters. The van der Waals surface area contributed by atoms with Gasteiger partial charge in [-0.3, -0.25) is 19.8 Å². The van der Waals surface area contributed by atoms with Crippen molar-refractivity contribution in [3.8, 4) is 0 Å². The van der Waals surface area contributed by atoms with Crippen LogP contribution in [-0.2, 0) is 28.7 Å². The van der Waals surface area contributed by atoms with E-state index in [2.05, 4.69) is 54.1 Å². The van der Waals surface area contributed by atoms with Gasteiger partial charge < -0.3 is 29.8 Å². The molecule has 1 amide bonds. The van der Waals surface area contributed by atoms with Gasteiger partial charge in [-0.2, -0.15) is 0 Å². The summed E-state index contributed by atoms with van der Waals surface area (Å²) < 4.78 is 11.4. The number of nitrogens with one attached hydrogen (secondary N) is 4. The molecule has 0 heterocycles. The lowest BCUT2D eigenvalue weighted by atomic mass is 10.0. The van der Waals surface area contributed by atoms with E-state index in [1.807, 2.05) is 7.11 Å². The van der Waals surface area contributed by atoms with Gasteiger partial charge in [-0.25, -0.2) is 5.43 Å². The third-order valence-electron chi connectivity index (χ3n) is 12.5. The number of ether oxygens (including phenoxy) is 2. The Morgan fingerprint density at radius 3 is 1.45 bits per heavy atom. The second-order valence-electron chi connectivity index (χ2n) is 18.3. The lowest BCUT2D eigenvalue weighted by Crippen LogP contribution is -2.41. The van der Waals surface area contributed by atoms with Crippen LogP contribution in [0.4, 0.5) is 0 Å². The minimum Gasteiger partial charge on any atom is -0.462 e. The van der Waals surface area contributed by atoms with Crippen molar-refractivity contribution in [2.75, 3.05) is 47.4 Å². The molecule has 384 valence electrons. The van der Waals surface area contributed by atoms with Gasteiger partial charge in [0.25, 0.3) is 5.91 Å². The maximum Gasteiger partial charge on any atom is 0.306 e. The lowest BCUT2D eigenvalue weighted by Gasteiger charge is -2.23. The van der Waals surface area contributed by atoms with Crippen molar-refractivity contribution in [2.45, 2.75) is 265 Å². The average molecular weight is 922 g/mol. The van der Waals surface area contributed by atoms with Gasteiger partial charge in [0.05, 0.1) is 6.10 Å². The summed E-state index contributed by atoms with van der Waals surface area (Å²) in [7, 11) is 5.10. The van der Waals surface area contributed by atoms with E-state index in [0.29, 0.717) is 31.8 Å². The Hall–Kier alpha value is -2.50. The highest BCUT2D eigenvalue weighted by Crippen LogP contribution is 2.17. The van der Waals surface area contributed by atoms with Crippen molar-refractivity contribution in [2.24, 2.45) is 0 Å². The zero-order valence-electron chi connectivity index (χ0n) is 43.8. The van der Waals surface area contributed by atoms with Gasteiger partial charge in [-0.05, 0) is 83.8 Å². The van der Waals surface area contributed by atoms with Gasteiger partial charge in [0.2, 0.25) is 0 Å². The van der Waals surface area contributed by atoms with Crippen LogP contribution in [0.3, 0.4) is 0 Å². The summed E-state index contributed by atoms with van der Waals surface area (Å²) in [5.41, 5.74) is 5.56. The van der Waals surface area contributed by atoms with Gasteiger partial charge >= 0.3 is 5.97 Å². The molecule has 11 nitrogen and oxygen atoms in total. The first-order valence-electron chi connectivity index (χ1n) is 27.3. The number of unbranched alkanes of at least 4 members (excludes halogenated alkanes) is 24. The van der Waals surface area contributed by atoms with E-state index in [0.717, 1.165) is 116 Å². The summed E-state index contributed by atoms with van der Waals surface area (Å²) in [5, 5.41) is 5.91. The number of amides is 1. The fourth-order valence-electron chi connectivity index (χ4n) is 8.22. The minimum absolute atomic E-state index is 0.0415. The monoisotopic (exact) mass is 922 g/mol. The molecule has 0 aromatic carbocycles. The molecule has 0 aromatic rings. The van der Waals surface area contributed by atoms with Gasteiger partial charge in [0, 0.05) is 40.6 Å². The molecule has 0 aliphatic carbocycles. The molecular weight excluding hydrogens is 815 g/mol. The number of methoxy groups -OCH3 is 1. The molecule has 65 heavy (non-hydrogen) atoms. The second kappa shape index (κ2) is 52.5. The van der Waals surface area contributed by atoms with E-state index in [-0.39, 0.29) is 23.5 Å². The van der Waals surface area contributed by atoms with Crippen molar-refractivity contribution in [3.05, 3.63) is 11.4 Å². The predicted octanol–water partition coefficient (Wildman–Crippen LogP) is 12.6. The Balaban J connectivity index is 0. The van der Waals surface area contributed by atoms with E-state index in [1.165, 1.54) is 122 Å². The zero-order valence-corrected chi connectivity index (χ0v) is 43.8. The molecule has 11 heteroatoms. The summed E-state index contributed by atoms with van der Waals surface area (Å²) in [6.07, 6.45) is 43.7. The summed E-state index contributed by atoms with van der Waals surface area (Å²) in [6.45, 7) is 12.4. The van der Waals surface area contributed by atoms with Crippen molar-refractivity contribution >= 4 is 24.4 Å². The number of hydrazine groups is 1. The average Bonchev–Trinajstić information content (AvgIpc) is 3.31. The Morgan fingerprint density at radius 2 is 1.00 bits per heavy atom. The van der Waals surface area contributed by atoms with Gasteiger partial charge in [-0.1, -0.05) is 175 Å². The van der Waals surface area contributed by atoms with Crippen LogP contribution in [0.1, 0.15) is 252 Å². The van der Waals surface area contributed by atoms with E-state index in [4.69, 9.17) is 9.47 Å². The molecule has 0 rings (SSSR count). The van der Waals surface area contributed by atoms with E-state index < -0.39 is 5.91 Å². The van der Waals surface area contributed by atoms with Crippen molar-refractivity contribution in [1.29, 1.82) is 0 Å². The number of rotatable bonds is 49. The topological polar surface area (TPSA) is 138 Å². The van der Waals surface area contributed by atoms with Crippen LogP contribution >= 0.6 is 0 Å². The molecule has 1 unspecified atom stereocenters. The molecule has 0 aromatic heterocycles. The largest absolute Gasteiger partial charge is 0.462 e. The molecule has 4 N–H and O–H groups in total. The number of hydrogen-bond donors (Lipinski definition) is 4. The normalized spacial score (nSPS) is 12.1. The van der Waals surface area contributed by atoms with Crippen LogP contribution in [-0.4, -0.2) is 88.9 Å². The maximum absolute atomic E-state index is 12.4. The van der Waals surface area contributed by atoms with Crippen molar-refractivity contribution in [3.63, 3.8) is 0 Å². The molecule has 0 radical (unpaired) electrons. The van der Waals surface area contributed by atoms with Crippen LogP contribution in [0.2, 0.25) is 0 Å². The van der Waals surface area contributed by atoms with E-state index in [9.17, 15) is 19.2 Å². The molecule has 0 saturated carbocycles. The van der Waals surface area contributed by atoms with E-state index in [1.54, 1.807) is 14.1 Å². The van der Waals surface area contributed by atoms with E-state index >= 15 is 0 Å². The van der Waals surface area contributed by atoms with Gasteiger partial charge in [0.1, 0.15) is 23.8 Å². The number of esters is 1. The summed E-state index contributed by atoms with van der Waals surface area (Å²) >= 11 is 0. The summed E-state index contributed by atoms with van der Waals surface area (Å²) in [6, 6.07) is 0. The first-order chi connectivity index (χ1) is 31.8. The highest BCUT2D eigenvalue weighted by atomic mass is 16.5. The number of nitrogens with zero attached hydrogens (tertiary/aromatic N) is 1. The van der Waals surface area contributed by atoms with Gasteiger partial charge in [0.15, 0.2) is 6.29 Å². The number of likely N-dealkylation sites (N-methyl/N-ethyl adjacent to an activating group) is 1. The molecule has 0 aliphatic rings. The molecule has 0 fully saturated rings. The fraction of sp³-hybridized carbons (Fsp3) is 0.889. The zero-order chi connectivity index (χ0) is 48.3. The SMILES string of the molecule is CCCCCCCCC(CC)OC(=O)CCCCCCCN(CCCCCCCC=O)CCCN/C(C(=O)NNC)=C(/C=O)NC.CCCCCCCCC(CCCCCCCC)OC. The maximum atomic E-state index is 12.4. The first-order valence-corrected chi connectivity index (χ1v) is 27.3. The summed E-state index contributed by atoms with van der Waals surface area (Å²) in [5.74, 6) is -0.433. The number of aldehydes is 2. The molecule has 0 bridgehead atoms. The van der Waals surface area contributed by atoms with Crippen molar-refractivity contribution in [1.82, 2.24) is 26.4 Å². The molecule has 0 spiro atoms. The van der Waals surface area contributed by atoms with Crippen molar-refractivity contribution < 1.29 is 28.7 Å². The number of allylic oxidation sites excluding steroid dienone is 1. The van der Waals surface area contributed by atoms with Crippen LogP contribution in [0, 0.1) is 0 Å². The fourth-order valence-corrected chi connectivity index (χ4v) is 8.22. The third kappa shape index (κ3) is 43.8. The predicted molar refractivity (Wildman–Crippen MR) is 275 cm³/mol.